The van der Waals surface area contributed by atoms with Gasteiger partial charge in [-0.25, -0.2) is 0 Å². The van der Waals surface area contributed by atoms with Gasteiger partial charge in [-0.3, -0.25) is 14.5 Å². The van der Waals surface area contributed by atoms with E-state index < -0.39 is 6.04 Å². The van der Waals surface area contributed by atoms with E-state index in [-0.39, 0.29) is 11.8 Å². The minimum atomic E-state index is -0.494. The van der Waals surface area contributed by atoms with Crippen LogP contribution in [0, 0.1) is 0 Å². The molecule has 1 atom stereocenters. The molecule has 2 amide bonds. The lowest BCUT2D eigenvalue weighted by Crippen LogP contribution is -2.44. The zero-order valence-corrected chi connectivity index (χ0v) is 14.3. The van der Waals surface area contributed by atoms with Crippen LogP contribution in [0.25, 0.3) is 0 Å². The van der Waals surface area contributed by atoms with Crippen molar-refractivity contribution >= 4 is 40.7 Å². The highest BCUT2D eigenvalue weighted by molar-refractivity contribution is 6.30. The van der Waals surface area contributed by atoms with Crippen molar-refractivity contribution in [3.8, 4) is 0 Å². The molecule has 2 aromatic carbocycles. The number of hydrogen-bond acceptors (Lipinski definition) is 2. The molecular formula is C18H16Cl2N2O2. The van der Waals surface area contributed by atoms with Crippen LogP contribution in [0.4, 0.5) is 5.69 Å². The molecule has 1 aliphatic heterocycles. The van der Waals surface area contributed by atoms with Gasteiger partial charge in [-0.15, -0.1) is 0 Å². The van der Waals surface area contributed by atoms with Crippen molar-refractivity contribution in [1.29, 1.82) is 0 Å². The van der Waals surface area contributed by atoms with Gasteiger partial charge in [0.1, 0.15) is 6.04 Å². The molecule has 0 aliphatic carbocycles. The largest absolute Gasteiger partial charge is 0.350 e. The molecule has 6 heteroatoms. The molecule has 0 radical (unpaired) electrons. The van der Waals surface area contributed by atoms with Gasteiger partial charge in [0.15, 0.2) is 0 Å². The zero-order chi connectivity index (χ0) is 17.1. The van der Waals surface area contributed by atoms with Crippen LogP contribution in [-0.2, 0) is 16.1 Å². The van der Waals surface area contributed by atoms with Gasteiger partial charge in [0.05, 0.1) is 0 Å². The summed E-state index contributed by atoms with van der Waals surface area (Å²) < 4.78 is 0. The van der Waals surface area contributed by atoms with E-state index in [4.69, 9.17) is 23.2 Å². The summed E-state index contributed by atoms with van der Waals surface area (Å²) in [7, 11) is 0. The minimum absolute atomic E-state index is 0.0519. The maximum absolute atomic E-state index is 12.5. The Kier molecular flexibility index (Phi) is 5.07. The normalized spacial score (nSPS) is 17.2. The lowest BCUT2D eigenvalue weighted by atomic mass is 10.1. The first-order valence-corrected chi connectivity index (χ1v) is 8.40. The topological polar surface area (TPSA) is 49.4 Å². The molecule has 124 valence electrons. The first kappa shape index (κ1) is 16.8. The van der Waals surface area contributed by atoms with Crippen molar-refractivity contribution in [1.82, 2.24) is 5.32 Å². The molecule has 1 aliphatic rings. The van der Waals surface area contributed by atoms with E-state index in [1.165, 1.54) is 0 Å². The van der Waals surface area contributed by atoms with Gasteiger partial charge in [-0.05, 0) is 48.4 Å². The summed E-state index contributed by atoms with van der Waals surface area (Å²) in [5.74, 6) is -0.213. The summed E-state index contributed by atoms with van der Waals surface area (Å²) >= 11 is 11.7. The first-order valence-electron chi connectivity index (χ1n) is 7.64. The second-order valence-electron chi connectivity index (χ2n) is 5.64. The fourth-order valence-corrected chi connectivity index (χ4v) is 3.02. The standard InChI is InChI=1S/C18H16Cl2N2O2/c19-13-3-1-12(2-4-13)11-21-18(24)16-9-10-17(23)22(16)15-7-5-14(20)6-8-15/h1-8,16H,9-11H2,(H,21,24). The molecule has 1 unspecified atom stereocenters. The van der Waals surface area contributed by atoms with E-state index in [9.17, 15) is 9.59 Å². The predicted octanol–water partition coefficient (Wildman–Crippen LogP) is 3.81. The van der Waals surface area contributed by atoms with Gasteiger partial charge in [-0.1, -0.05) is 35.3 Å². The van der Waals surface area contributed by atoms with Gasteiger partial charge in [0.2, 0.25) is 11.8 Å². The third kappa shape index (κ3) is 3.71. The summed E-state index contributed by atoms with van der Waals surface area (Å²) in [5.41, 5.74) is 1.64. The Hall–Kier alpha value is -2.04. The average molecular weight is 363 g/mol. The lowest BCUT2D eigenvalue weighted by Gasteiger charge is -2.24. The molecule has 0 saturated carbocycles. The average Bonchev–Trinajstić information content (AvgIpc) is 2.96. The zero-order valence-electron chi connectivity index (χ0n) is 12.8. The second kappa shape index (κ2) is 7.24. The molecule has 0 aromatic heterocycles. The monoisotopic (exact) mass is 362 g/mol. The number of carbonyl (C=O) groups is 2. The van der Waals surface area contributed by atoms with Crippen molar-refractivity contribution in [3.63, 3.8) is 0 Å². The number of hydrogen-bond donors (Lipinski definition) is 1. The number of rotatable bonds is 4. The summed E-state index contributed by atoms with van der Waals surface area (Å²) in [5, 5.41) is 4.13. The van der Waals surface area contributed by atoms with E-state index >= 15 is 0 Å². The molecule has 0 spiro atoms. The van der Waals surface area contributed by atoms with Crippen LogP contribution >= 0.6 is 23.2 Å². The highest BCUT2D eigenvalue weighted by Gasteiger charge is 2.36. The summed E-state index contributed by atoms with van der Waals surface area (Å²) in [4.78, 5) is 26.3. The molecule has 3 rings (SSSR count). The SMILES string of the molecule is O=C(NCc1ccc(Cl)cc1)C1CCC(=O)N1c1ccc(Cl)cc1. The van der Waals surface area contributed by atoms with E-state index in [2.05, 4.69) is 5.32 Å². The molecule has 1 saturated heterocycles. The van der Waals surface area contributed by atoms with E-state index in [0.29, 0.717) is 35.1 Å². The Bertz CT molecular complexity index is 745. The fraction of sp³-hybridized carbons (Fsp3) is 0.222. The molecule has 1 heterocycles. The van der Waals surface area contributed by atoms with E-state index in [1.807, 2.05) is 12.1 Å². The molecule has 2 aromatic rings. The lowest BCUT2D eigenvalue weighted by molar-refractivity contribution is -0.124. The van der Waals surface area contributed by atoms with E-state index in [0.717, 1.165) is 5.56 Å². The van der Waals surface area contributed by atoms with Gasteiger partial charge in [0.25, 0.3) is 0 Å². The number of anilines is 1. The molecule has 0 bridgehead atoms. The van der Waals surface area contributed by atoms with Crippen molar-refractivity contribution in [2.45, 2.75) is 25.4 Å². The summed E-state index contributed by atoms with van der Waals surface area (Å²) in [6, 6.07) is 13.7. The third-order valence-corrected chi connectivity index (χ3v) is 4.50. The van der Waals surface area contributed by atoms with Gasteiger partial charge in [0, 0.05) is 28.7 Å². The highest BCUT2D eigenvalue weighted by atomic mass is 35.5. The number of benzene rings is 2. The second-order valence-corrected chi connectivity index (χ2v) is 6.51. The molecule has 1 N–H and O–H groups in total. The number of amides is 2. The van der Waals surface area contributed by atoms with Crippen molar-refractivity contribution in [2.75, 3.05) is 4.90 Å². The van der Waals surface area contributed by atoms with E-state index in [1.54, 1.807) is 41.3 Å². The summed E-state index contributed by atoms with van der Waals surface area (Å²) in [6.45, 7) is 0.398. The van der Waals surface area contributed by atoms with Crippen LogP contribution in [0.15, 0.2) is 48.5 Å². The molecule has 4 nitrogen and oxygen atoms in total. The van der Waals surface area contributed by atoms with Crippen LogP contribution in [0.3, 0.4) is 0 Å². The highest BCUT2D eigenvalue weighted by Crippen LogP contribution is 2.28. The Labute approximate surface area is 150 Å². The van der Waals surface area contributed by atoms with Crippen molar-refractivity contribution in [2.24, 2.45) is 0 Å². The van der Waals surface area contributed by atoms with Crippen LogP contribution in [0.5, 0.6) is 0 Å². The third-order valence-electron chi connectivity index (χ3n) is 4.00. The number of halogens is 2. The summed E-state index contributed by atoms with van der Waals surface area (Å²) in [6.07, 6.45) is 0.871. The first-order chi connectivity index (χ1) is 11.5. The minimum Gasteiger partial charge on any atom is -0.350 e. The smallest absolute Gasteiger partial charge is 0.243 e. The van der Waals surface area contributed by atoms with Crippen LogP contribution < -0.4 is 10.2 Å². The Balaban J connectivity index is 1.69. The van der Waals surface area contributed by atoms with Crippen molar-refractivity contribution in [3.05, 3.63) is 64.1 Å². The Morgan fingerprint density at radius 1 is 1.04 bits per heavy atom. The quantitative estimate of drug-likeness (QED) is 0.898. The maximum Gasteiger partial charge on any atom is 0.243 e. The molecule has 24 heavy (non-hydrogen) atoms. The molecular weight excluding hydrogens is 347 g/mol. The number of carbonyl (C=O) groups excluding carboxylic acids is 2. The number of nitrogens with zero attached hydrogens (tertiary/aromatic N) is 1. The predicted molar refractivity (Wildman–Crippen MR) is 95.3 cm³/mol. The van der Waals surface area contributed by atoms with Gasteiger partial charge < -0.3 is 5.32 Å². The van der Waals surface area contributed by atoms with Crippen LogP contribution in [-0.4, -0.2) is 17.9 Å². The van der Waals surface area contributed by atoms with Crippen LogP contribution in [0.2, 0.25) is 10.0 Å². The van der Waals surface area contributed by atoms with Gasteiger partial charge in [-0.2, -0.15) is 0 Å². The Morgan fingerprint density at radius 3 is 2.25 bits per heavy atom. The van der Waals surface area contributed by atoms with Gasteiger partial charge >= 0.3 is 0 Å². The van der Waals surface area contributed by atoms with Crippen LogP contribution in [0.1, 0.15) is 18.4 Å². The van der Waals surface area contributed by atoms with Crippen molar-refractivity contribution < 1.29 is 9.59 Å². The number of nitrogens with one attached hydrogen (secondary N) is 1. The molecule has 1 fully saturated rings. The fourth-order valence-electron chi connectivity index (χ4n) is 2.77. The maximum atomic E-state index is 12.5. The Morgan fingerprint density at radius 2 is 1.62 bits per heavy atom.